The van der Waals surface area contributed by atoms with Gasteiger partial charge in [0.15, 0.2) is 0 Å². The predicted molar refractivity (Wildman–Crippen MR) is 51.8 cm³/mol. The zero-order valence-corrected chi connectivity index (χ0v) is 8.80. The largest absolute Gasteiger partial charge is 0.469 e. The summed E-state index contributed by atoms with van der Waals surface area (Å²) in [6.07, 6.45) is 4.34. The van der Waals surface area contributed by atoms with Gasteiger partial charge in [-0.2, -0.15) is 0 Å². The lowest BCUT2D eigenvalue weighted by Gasteiger charge is -2.25. The van der Waals surface area contributed by atoms with Crippen molar-refractivity contribution in [1.29, 1.82) is 0 Å². The van der Waals surface area contributed by atoms with Gasteiger partial charge in [0.2, 0.25) is 0 Å². The first-order valence-corrected chi connectivity index (χ1v) is 5.10. The molecule has 0 bridgehead atoms. The van der Waals surface area contributed by atoms with Gasteiger partial charge in [-0.05, 0) is 13.3 Å². The molecule has 1 heterocycles. The lowest BCUT2D eigenvalue weighted by atomic mass is 9.75. The van der Waals surface area contributed by atoms with E-state index >= 15 is 0 Å². The average Bonchev–Trinajstić information content (AvgIpc) is 2.54. The number of esters is 2. The molecule has 0 amide bonds. The number of hydrogen-bond donors (Lipinski definition) is 0. The van der Waals surface area contributed by atoms with E-state index in [1.165, 1.54) is 7.11 Å². The van der Waals surface area contributed by atoms with Crippen LogP contribution >= 0.6 is 0 Å². The minimum atomic E-state index is -0.373. The normalized spacial score (nSPS) is 38.4. The van der Waals surface area contributed by atoms with E-state index in [1.807, 2.05) is 19.1 Å². The van der Waals surface area contributed by atoms with E-state index in [0.717, 1.165) is 0 Å². The molecule has 82 valence electrons. The number of cyclic esters (lactones) is 1. The van der Waals surface area contributed by atoms with Gasteiger partial charge < -0.3 is 9.47 Å². The number of methoxy groups -OCH3 is 1. The monoisotopic (exact) mass is 210 g/mol. The van der Waals surface area contributed by atoms with Crippen LogP contribution in [0.25, 0.3) is 0 Å². The van der Waals surface area contributed by atoms with Crippen LogP contribution in [0.2, 0.25) is 0 Å². The van der Waals surface area contributed by atoms with Crippen molar-refractivity contribution in [2.24, 2.45) is 17.8 Å². The molecule has 4 heteroatoms. The average molecular weight is 210 g/mol. The minimum absolute atomic E-state index is 0.0235. The summed E-state index contributed by atoms with van der Waals surface area (Å²) < 4.78 is 9.84. The smallest absolute Gasteiger partial charge is 0.310 e. The molecule has 4 nitrogen and oxygen atoms in total. The van der Waals surface area contributed by atoms with E-state index in [4.69, 9.17) is 9.47 Å². The maximum Gasteiger partial charge on any atom is 0.310 e. The third kappa shape index (κ3) is 1.54. The van der Waals surface area contributed by atoms with Gasteiger partial charge >= 0.3 is 11.9 Å². The van der Waals surface area contributed by atoms with E-state index in [1.54, 1.807) is 0 Å². The van der Waals surface area contributed by atoms with E-state index in [-0.39, 0.29) is 35.8 Å². The zero-order chi connectivity index (χ0) is 11.0. The van der Waals surface area contributed by atoms with E-state index in [9.17, 15) is 9.59 Å². The molecule has 1 aliphatic heterocycles. The molecule has 0 saturated carbocycles. The Labute approximate surface area is 88.2 Å². The number of ether oxygens (including phenoxy) is 2. The van der Waals surface area contributed by atoms with Crippen LogP contribution in [0.1, 0.15) is 13.3 Å². The maximum atomic E-state index is 11.6. The summed E-state index contributed by atoms with van der Waals surface area (Å²) in [6.45, 7) is 1.85. The van der Waals surface area contributed by atoms with Crippen LogP contribution in [0, 0.1) is 17.8 Å². The molecular formula is C11H14O4. The molecular weight excluding hydrogens is 196 g/mol. The molecule has 0 unspecified atom stereocenters. The first kappa shape index (κ1) is 10.2. The molecule has 0 radical (unpaired) electrons. The van der Waals surface area contributed by atoms with Crippen molar-refractivity contribution in [2.75, 3.05) is 7.11 Å². The first-order valence-electron chi connectivity index (χ1n) is 5.10. The van der Waals surface area contributed by atoms with Crippen LogP contribution in [0.15, 0.2) is 12.2 Å². The van der Waals surface area contributed by atoms with Crippen LogP contribution in [0.5, 0.6) is 0 Å². The molecule has 0 aromatic heterocycles. The summed E-state index contributed by atoms with van der Waals surface area (Å²) >= 11 is 0. The Hall–Kier alpha value is -1.32. The minimum Gasteiger partial charge on any atom is -0.469 e. The van der Waals surface area contributed by atoms with Crippen molar-refractivity contribution in [2.45, 2.75) is 19.4 Å². The van der Waals surface area contributed by atoms with Crippen molar-refractivity contribution in [1.82, 2.24) is 0 Å². The summed E-state index contributed by atoms with van der Waals surface area (Å²) in [7, 11) is 1.35. The Bertz CT molecular complexity index is 321. The van der Waals surface area contributed by atoms with Crippen molar-refractivity contribution in [3.8, 4) is 0 Å². The summed E-state index contributed by atoms with van der Waals surface area (Å²) in [5.41, 5.74) is 0. The Morgan fingerprint density at radius 1 is 1.60 bits per heavy atom. The first-order chi connectivity index (χ1) is 7.15. The topological polar surface area (TPSA) is 52.6 Å². The third-order valence-electron chi connectivity index (χ3n) is 3.22. The molecule has 2 aliphatic rings. The SMILES string of the molecule is COC(=O)[C@@H]1CC=C[C@@H]2[C@H]1C(=O)O[C@@H]2C. The second kappa shape index (κ2) is 3.68. The summed E-state index contributed by atoms with van der Waals surface area (Å²) in [5, 5.41) is 0. The Morgan fingerprint density at radius 2 is 2.33 bits per heavy atom. The summed E-state index contributed by atoms with van der Waals surface area (Å²) in [6, 6.07) is 0. The van der Waals surface area contributed by atoms with Crippen LogP contribution in [0.3, 0.4) is 0 Å². The van der Waals surface area contributed by atoms with Crippen molar-refractivity contribution in [3.05, 3.63) is 12.2 Å². The van der Waals surface area contributed by atoms with Crippen LogP contribution in [-0.2, 0) is 19.1 Å². The number of carbonyl (C=O) groups excluding carboxylic acids is 2. The number of fused-ring (bicyclic) bond motifs is 1. The van der Waals surface area contributed by atoms with Crippen LogP contribution in [-0.4, -0.2) is 25.2 Å². The maximum absolute atomic E-state index is 11.6. The highest BCUT2D eigenvalue weighted by molar-refractivity contribution is 5.84. The van der Waals surface area contributed by atoms with E-state index < -0.39 is 0 Å². The number of carbonyl (C=O) groups is 2. The van der Waals surface area contributed by atoms with Gasteiger partial charge in [0.25, 0.3) is 0 Å². The highest BCUT2D eigenvalue weighted by Crippen LogP contribution is 2.40. The third-order valence-corrected chi connectivity index (χ3v) is 3.22. The van der Waals surface area contributed by atoms with E-state index in [2.05, 4.69) is 0 Å². The number of rotatable bonds is 1. The highest BCUT2D eigenvalue weighted by Gasteiger charge is 2.49. The van der Waals surface area contributed by atoms with E-state index in [0.29, 0.717) is 6.42 Å². The zero-order valence-electron chi connectivity index (χ0n) is 8.80. The number of allylic oxidation sites excluding steroid dienone is 1. The van der Waals surface area contributed by atoms with Crippen molar-refractivity contribution in [3.63, 3.8) is 0 Å². The molecule has 1 fully saturated rings. The number of hydrogen-bond acceptors (Lipinski definition) is 4. The lowest BCUT2D eigenvalue weighted by Crippen LogP contribution is -2.34. The van der Waals surface area contributed by atoms with Gasteiger partial charge in [0.1, 0.15) is 6.10 Å². The summed E-state index contributed by atoms with van der Waals surface area (Å²) in [5.74, 6) is -1.29. The quantitative estimate of drug-likeness (QED) is 0.477. The van der Waals surface area contributed by atoms with Gasteiger partial charge in [-0.15, -0.1) is 0 Å². The predicted octanol–water partition coefficient (Wildman–Crippen LogP) is 0.913. The van der Waals surface area contributed by atoms with Gasteiger partial charge in [-0.1, -0.05) is 12.2 Å². The van der Waals surface area contributed by atoms with Gasteiger partial charge in [0.05, 0.1) is 18.9 Å². The van der Waals surface area contributed by atoms with Gasteiger partial charge in [-0.3, -0.25) is 9.59 Å². The molecule has 1 saturated heterocycles. The van der Waals surface area contributed by atoms with Crippen molar-refractivity contribution < 1.29 is 19.1 Å². The summed E-state index contributed by atoms with van der Waals surface area (Å²) in [4.78, 5) is 23.1. The lowest BCUT2D eigenvalue weighted by molar-refractivity contribution is -0.154. The molecule has 0 N–H and O–H groups in total. The fourth-order valence-electron chi connectivity index (χ4n) is 2.42. The molecule has 0 aromatic rings. The van der Waals surface area contributed by atoms with Crippen molar-refractivity contribution >= 4 is 11.9 Å². The molecule has 4 atom stereocenters. The standard InChI is InChI=1S/C11H14O4/c1-6-7-4-3-5-8(10(12)14-2)9(7)11(13)15-6/h3-4,6-9H,5H2,1-2H3/t6-,7+,8-,9-/m1/s1. The second-order valence-electron chi connectivity index (χ2n) is 4.04. The molecule has 2 rings (SSSR count). The van der Waals surface area contributed by atoms with Crippen LogP contribution in [0.4, 0.5) is 0 Å². The van der Waals surface area contributed by atoms with Crippen LogP contribution < -0.4 is 0 Å². The Morgan fingerprint density at radius 3 is 3.00 bits per heavy atom. The Kier molecular flexibility index (Phi) is 2.50. The second-order valence-corrected chi connectivity index (χ2v) is 4.04. The van der Waals surface area contributed by atoms with Gasteiger partial charge in [0, 0.05) is 5.92 Å². The fourth-order valence-corrected chi connectivity index (χ4v) is 2.42. The molecule has 0 aromatic carbocycles. The fraction of sp³-hybridized carbons (Fsp3) is 0.636. The molecule has 0 spiro atoms. The van der Waals surface area contributed by atoms with Gasteiger partial charge in [-0.25, -0.2) is 0 Å². The highest BCUT2D eigenvalue weighted by atomic mass is 16.6. The molecule has 15 heavy (non-hydrogen) atoms. The molecule has 1 aliphatic carbocycles. The Balaban J connectivity index is 2.26.